The summed E-state index contributed by atoms with van der Waals surface area (Å²) in [5.41, 5.74) is 0.322. The van der Waals surface area contributed by atoms with E-state index in [9.17, 15) is 27.6 Å². The normalized spacial score (nSPS) is 16.8. The van der Waals surface area contributed by atoms with Crippen molar-refractivity contribution in [2.45, 2.75) is 32.5 Å². The standard InChI is InChI=1S/C23H23F3N2O5/c1-14(20(29)27-18-6-2-3-7-19(18)33-23(25)26)32-22(31)16-5-4-12-28(13-16)21(30)15-8-10-17(24)11-9-15/h2-3,6-11,14,16,23H,4-5,12-13H2,1H3,(H,27,29). The highest BCUT2D eigenvalue weighted by molar-refractivity contribution is 5.97. The molecule has 0 spiro atoms. The zero-order chi connectivity index (χ0) is 24.0. The molecule has 2 aromatic rings. The molecule has 7 nitrogen and oxygen atoms in total. The first-order chi connectivity index (χ1) is 15.7. The van der Waals surface area contributed by atoms with Gasteiger partial charge in [0.05, 0.1) is 11.6 Å². The van der Waals surface area contributed by atoms with Gasteiger partial charge in [0, 0.05) is 18.7 Å². The number of carbonyl (C=O) groups is 3. The largest absolute Gasteiger partial charge is 0.452 e. The van der Waals surface area contributed by atoms with Crippen LogP contribution in [0.2, 0.25) is 0 Å². The van der Waals surface area contributed by atoms with Crippen molar-refractivity contribution in [1.82, 2.24) is 4.90 Å². The molecular formula is C23H23F3N2O5. The third kappa shape index (κ3) is 6.47. The number of benzene rings is 2. The number of esters is 1. The van der Waals surface area contributed by atoms with Crippen LogP contribution in [0.1, 0.15) is 30.1 Å². The van der Waals surface area contributed by atoms with E-state index in [1.54, 1.807) is 0 Å². The van der Waals surface area contributed by atoms with Gasteiger partial charge in [-0.1, -0.05) is 12.1 Å². The Morgan fingerprint density at radius 2 is 1.79 bits per heavy atom. The third-order valence-corrected chi connectivity index (χ3v) is 5.16. The van der Waals surface area contributed by atoms with E-state index in [2.05, 4.69) is 10.1 Å². The number of nitrogens with one attached hydrogen (secondary N) is 1. The molecule has 1 saturated heterocycles. The number of piperidine rings is 1. The van der Waals surface area contributed by atoms with Crippen LogP contribution in [0.25, 0.3) is 0 Å². The summed E-state index contributed by atoms with van der Waals surface area (Å²) in [6, 6.07) is 10.8. The molecule has 1 aliphatic heterocycles. The maximum absolute atomic E-state index is 13.1. The monoisotopic (exact) mass is 464 g/mol. The van der Waals surface area contributed by atoms with Gasteiger partial charge in [-0.25, -0.2) is 4.39 Å². The molecule has 0 saturated carbocycles. The van der Waals surface area contributed by atoms with Crippen LogP contribution >= 0.6 is 0 Å². The van der Waals surface area contributed by atoms with Gasteiger partial charge in [0.25, 0.3) is 11.8 Å². The van der Waals surface area contributed by atoms with Gasteiger partial charge in [-0.3, -0.25) is 14.4 Å². The van der Waals surface area contributed by atoms with E-state index in [1.165, 1.54) is 60.4 Å². The van der Waals surface area contributed by atoms with Crippen LogP contribution < -0.4 is 10.1 Å². The maximum atomic E-state index is 13.1. The number of ether oxygens (including phenoxy) is 2. The Hall–Kier alpha value is -3.56. The van der Waals surface area contributed by atoms with E-state index < -0.39 is 36.3 Å². The quantitative estimate of drug-likeness (QED) is 0.630. The van der Waals surface area contributed by atoms with Crippen molar-refractivity contribution in [2.75, 3.05) is 18.4 Å². The Kier molecular flexibility index (Phi) is 7.92. The number of carbonyl (C=O) groups excluding carboxylic acids is 3. The van der Waals surface area contributed by atoms with Gasteiger partial charge in [-0.15, -0.1) is 0 Å². The number of anilines is 1. The van der Waals surface area contributed by atoms with E-state index in [0.717, 1.165) is 0 Å². The molecule has 2 unspecified atom stereocenters. The molecule has 33 heavy (non-hydrogen) atoms. The summed E-state index contributed by atoms with van der Waals surface area (Å²) in [6.07, 6.45) is -0.169. The average molecular weight is 464 g/mol. The van der Waals surface area contributed by atoms with Crippen LogP contribution in [0.4, 0.5) is 18.9 Å². The van der Waals surface area contributed by atoms with Crippen LogP contribution in [-0.4, -0.2) is 48.5 Å². The fourth-order valence-electron chi connectivity index (χ4n) is 3.46. The second-order valence-corrected chi connectivity index (χ2v) is 7.54. The van der Waals surface area contributed by atoms with Crippen LogP contribution in [0.3, 0.4) is 0 Å². The molecule has 0 bridgehead atoms. The lowest BCUT2D eigenvalue weighted by Gasteiger charge is -2.32. The average Bonchev–Trinajstić information content (AvgIpc) is 2.80. The number of likely N-dealkylation sites (tertiary alicyclic amines) is 1. The number of para-hydroxylation sites is 2. The number of hydrogen-bond acceptors (Lipinski definition) is 5. The molecule has 0 aromatic heterocycles. The molecule has 0 radical (unpaired) electrons. The minimum atomic E-state index is -3.06. The number of rotatable bonds is 7. The second kappa shape index (κ2) is 10.8. The Labute approximate surface area is 188 Å². The highest BCUT2D eigenvalue weighted by atomic mass is 19.3. The topological polar surface area (TPSA) is 84.9 Å². The van der Waals surface area contributed by atoms with Gasteiger partial charge in [0.15, 0.2) is 6.10 Å². The van der Waals surface area contributed by atoms with Gasteiger partial charge in [0.2, 0.25) is 0 Å². The van der Waals surface area contributed by atoms with Crippen molar-refractivity contribution in [1.29, 1.82) is 0 Å². The van der Waals surface area contributed by atoms with Crippen molar-refractivity contribution in [2.24, 2.45) is 5.92 Å². The molecule has 1 fully saturated rings. The van der Waals surface area contributed by atoms with E-state index in [1.807, 2.05) is 0 Å². The Balaban J connectivity index is 1.57. The van der Waals surface area contributed by atoms with Gasteiger partial charge in [-0.2, -0.15) is 8.78 Å². The van der Waals surface area contributed by atoms with Crippen LogP contribution in [-0.2, 0) is 14.3 Å². The van der Waals surface area contributed by atoms with Crippen LogP contribution in [0, 0.1) is 11.7 Å². The van der Waals surface area contributed by atoms with E-state index >= 15 is 0 Å². The molecule has 0 aliphatic carbocycles. The fraction of sp³-hybridized carbons (Fsp3) is 0.348. The van der Waals surface area contributed by atoms with Crippen molar-refractivity contribution < 1.29 is 37.0 Å². The van der Waals surface area contributed by atoms with Gasteiger partial charge < -0.3 is 19.7 Å². The molecule has 176 valence electrons. The summed E-state index contributed by atoms with van der Waals surface area (Å²) in [5.74, 6) is -3.00. The molecule has 1 aliphatic rings. The lowest BCUT2D eigenvalue weighted by molar-refractivity contribution is -0.158. The molecule has 3 rings (SSSR count). The number of alkyl halides is 2. The Morgan fingerprint density at radius 1 is 1.09 bits per heavy atom. The second-order valence-electron chi connectivity index (χ2n) is 7.54. The molecule has 2 amide bonds. The molecule has 2 aromatic carbocycles. The summed E-state index contributed by atoms with van der Waals surface area (Å²) in [7, 11) is 0. The number of hydrogen-bond donors (Lipinski definition) is 1. The lowest BCUT2D eigenvalue weighted by atomic mass is 9.97. The van der Waals surface area contributed by atoms with Gasteiger partial charge >= 0.3 is 12.6 Å². The zero-order valence-corrected chi connectivity index (χ0v) is 17.8. The molecule has 1 heterocycles. The number of nitrogens with zero attached hydrogens (tertiary/aromatic N) is 1. The lowest BCUT2D eigenvalue weighted by Crippen LogP contribution is -2.44. The van der Waals surface area contributed by atoms with Crippen molar-refractivity contribution in [3.63, 3.8) is 0 Å². The predicted molar refractivity (Wildman–Crippen MR) is 112 cm³/mol. The fourth-order valence-corrected chi connectivity index (χ4v) is 3.46. The van der Waals surface area contributed by atoms with Crippen LogP contribution in [0.15, 0.2) is 48.5 Å². The number of halogens is 3. The Morgan fingerprint density at radius 3 is 2.48 bits per heavy atom. The van der Waals surface area contributed by atoms with Crippen molar-refractivity contribution >= 4 is 23.5 Å². The minimum Gasteiger partial charge on any atom is -0.452 e. The summed E-state index contributed by atoms with van der Waals surface area (Å²) in [4.78, 5) is 39.2. The third-order valence-electron chi connectivity index (χ3n) is 5.16. The Bertz CT molecular complexity index is 1000. The molecular weight excluding hydrogens is 441 g/mol. The zero-order valence-electron chi connectivity index (χ0n) is 17.8. The van der Waals surface area contributed by atoms with Crippen molar-refractivity contribution in [3.8, 4) is 5.75 Å². The van der Waals surface area contributed by atoms with Gasteiger partial charge in [-0.05, 0) is 56.2 Å². The first-order valence-corrected chi connectivity index (χ1v) is 10.3. The maximum Gasteiger partial charge on any atom is 0.387 e. The van der Waals surface area contributed by atoms with Crippen LogP contribution in [0.5, 0.6) is 5.75 Å². The van der Waals surface area contributed by atoms with E-state index in [0.29, 0.717) is 24.9 Å². The summed E-state index contributed by atoms with van der Waals surface area (Å²) in [6.45, 7) is -1.16. The highest BCUT2D eigenvalue weighted by Gasteiger charge is 2.32. The first-order valence-electron chi connectivity index (χ1n) is 10.3. The highest BCUT2D eigenvalue weighted by Crippen LogP contribution is 2.26. The molecule has 10 heteroatoms. The smallest absolute Gasteiger partial charge is 0.387 e. The molecule has 2 atom stereocenters. The molecule has 1 N–H and O–H groups in total. The summed E-state index contributed by atoms with van der Waals surface area (Å²) < 4.78 is 47.8. The minimum absolute atomic E-state index is 0.0134. The van der Waals surface area contributed by atoms with Gasteiger partial charge in [0.1, 0.15) is 11.6 Å². The summed E-state index contributed by atoms with van der Waals surface area (Å²) >= 11 is 0. The first kappa shape index (κ1) is 24.1. The number of amides is 2. The van der Waals surface area contributed by atoms with Crippen molar-refractivity contribution in [3.05, 3.63) is 59.9 Å². The summed E-state index contributed by atoms with van der Waals surface area (Å²) in [5, 5.41) is 2.41. The SMILES string of the molecule is CC(OC(=O)C1CCCN(C(=O)c2ccc(F)cc2)C1)C(=O)Nc1ccccc1OC(F)F. The van der Waals surface area contributed by atoms with E-state index in [-0.39, 0.29) is 23.9 Å². The predicted octanol–water partition coefficient (Wildman–Crippen LogP) is 3.85. The van der Waals surface area contributed by atoms with E-state index in [4.69, 9.17) is 4.74 Å².